The molecule has 0 radical (unpaired) electrons. The monoisotopic (exact) mass is 201 g/mol. The van der Waals surface area contributed by atoms with Crippen LogP contribution in [0.3, 0.4) is 0 Å². The maximum atomic E-state index is 5.57. The Hall–Kier alpha value is -0.0800. The second-order valence-corrected chi connectivity index (χ2v) is 3.83. The number of hydrogen-bond acceptors (Lipinski definition) is 2. The van der Waals surface area contributed by atoms with Gasteiger partial charge in [0, 0.05) is 12.6 Å². The van der Waals surface area contributed by atoms with Crippen molar-refractivity contribution in [1.82, 2.24) is 5.32 Å². The fourth-order valence-corrected chi connectivity index (χ4v) is 1.54. The Morgan fingerprint density at radius 2 is 1.86 bits per heavy atom. The average molecular weight is 201 g/mol. The van der Waals surface area contributed by atoms with Crippen molar-refractivity contribution in [3.05, 3.63) is 0 Å². The Kier molecular flexibility index (Phi) is 10.9. The van der Waals surface area contributed by atoms with Gasteiger partial charge in [0.2, 0.25) is 0 Å². The summed E-state index contributed by atoms with van der Waals surface area (Å²) in [4.78, 5) is 0. The minimum absolute atomic E-state index is 0.568. The molecule has 0 saturated carbocycles. The third kappa shape index (κ3) is 8.52. The van der Waals surface area contributed by atoms with Gasteiger partial charge in [-0.2, -0.15) is 0 Å². The molecule has 0 aromatic heterocycles. The molecule has 2 heteroatoms. The quantitative estimate of drug-likeness (QED) is 0.549. The molecule has 1 atom stereocenters. The lowest BCUT2D eigenvalue weighted by Gasteiger charge is -2.17. The summed E-state index contributed by atoms with van der Waals surface area (Å²) in [6, 6.07) is 0.568. The number of ether oxygens (including phenoxy) is 1. The molecular formula is C12H27NO. The van der Waals surface area contributed by atoms with Gasteiger partial charge >= 0.3 is 0 Å². The standard InChI is InChI=1S/C12H27NO/c1-4-7-8-9-12(13-6-3)11-14-10-5-2/h12-13H,4-11H2,1-3H3. The van der Waals surface area contributed by atoms with Crippen molar-refractivity contribution in [2.24, 2.45) is 0 Å². The largest absolute Gasteiger partial charge is 0.380 e. The Morgan fingerprint density at radius 1 is 1.07 bits per heavy atom. The van der Waals surface area contributed by atoms with E-state index in [1.807, 2.05) is 0 Å². The molecule has 0 bridgehead atoms. The number of hydrogen-bond donors (Lipinski definition) is 1. The van der Waals surface area contributed by atoms with Crippen LogP contribution in [0.4, 0.5) is 0 Å². The van der Waals surface area contributed by atoms with E-state index in [0.29, 0.717) is 6.04 Å². The molecule has 1 N–H and O–H groups in total. The smallest absolute Gasteiger partial charge is 0.0619 e. The van der Waals surface area contributed by atoms with E-state index in [1.54, 1.807) is 0 Å². The number of likely N-dealkylation sites (N-methyl/N-ethyl adjacent to an activating group) is 1. The number of nitrogens with one attached hydrogen (secondary N) is 1. The van der Waals surface area contributed by atoms with Gasteiger partial charge in [-0.05, 0) is 19.4 Å². The van der Waals surface area contributed by atoms with Crippen molar-refractivity contribution in [2.45, 2.75) is 58.9 Å². The summed E-state index contributed by atoms with van der Waals surface area (Å²) in [6.07, 6.45) is 6.34. The summed E-state index contributed by atoms with van der Waals surface area (Å²) in [6.45, 7) is 9.38. The zero-order valence-electron chi connectivity index (χ0n) is 10.1. The van der Waals surface area contributed by atoms with Crippen molar-refractivity contribution in [2.75, 3.05) is 19.8 Å². The van der Waals surface area contributed by atoms with Gasteiger partial charge in [-0.15, -0.1) is 0 Å². The molecule has 86 valence electrons. The first-order chi connectivity index (χ1) is 6.85. The van der Waals surface area contributed by atoms with Crippen LogP contribution >= 0.6 is 0 Å². The lowest BCUT2D eigenvalue weighted by Crippen LogP contribution is -2.33. The molecule has 0 rings (SSSR count). The van der Waals surface area contributed by atoms with Gasteiger partial charge < -0.3 is 10.1 Å². The van der Waals surface area contributed by atoms with E-state index in [0.717, 1.165) is 26.2 Å². The predicted molar refractivity (Wildman–Crippen MR) is 62.7 cm³/mol. The van der Waals surface area contributed by atoms with Crippen LogP contribution < -0.4 is 5.32 Å². The van der Waals surface area contributed by atoms with Gasteiger partial charge in [-0.25, -0.2) is 0 Å². The highest BCUT2D eigenvalue weighted by atomic mass is 16.5. The summed E-state index contributed by atoms with van der Waals surface area (Å²) in [5, 5.41) is 3.48. The maximum Gasteiger partial charge on any atom is 0.0619 e. The van der Waals surface area contributed by atoms with Gasteiger partial charge in [-0.3, -0.25) is 0 Å². The Bertz CT molecular complexity index is 96.5. The molecule has 0 spiro atoms. The summed E-state index contributed by atoms with van der Waals surface area (Å²) in [5.74, 6) is 0. The normalized spacial score (nSPS) is 13.1. The van der Waals surface area contributed by atoms with E-state index in [2.05, 4.69) is 26.1 Å². The fourth-order valence-electron chi connectivity index (χ4n) is 1.54. The van der Waals surface area contributed by atoms with E-state index in [4.69, 9.17) is 4.74 Å². The van der Waals surface area contributed by atoms with Crippen LogP contribution in [0.15, 0.2) is 0 Å². The van der Waals surface area contributed by atoms with Crippen LogP contribution in [0.25, 0.3) is 0 Å². The summed E-state index contributed by atoms with van der Waals surface area (Å²) in [7, 11) is 0. The third-order valence-electron chi connectivity index (χ3n) is 2.32. The van der Waals surface area contributed by atoms with Crippen molar-refractivity contribution in [3.63, 3.8) is 0 Å². The summed E-state index contributed by atoms with van der Waals surface area (Å²) in [5.41, 5.74) is 0. The molecule has 14 heavy (non-hydrogen) atoms. The maximum absolute atomic E-state index is 5.57. The molecule has 0 aliphatic heterocycles. The first kappa shape index (κ1) is 13.9. The molecule has 0 aromatic rings. The third-order valence-corrected chi connectivity index (χ3v) is 2.32. The Balaban J connectivity index is 3.44. The zero-order chi connectivity index (χ0) is 10.6. The van der Waals surface area contributed by atoms with Crippen LogP contribution in [-0.2, 0) is 4.74 Å². The lowest BCUT2D eigenvalue weighted by molar-refractivity contribution is 0.109. The van der Waals surface area contributed by atoms with Crippen LogP contribution in [0.5, 0.6) is 0 Å². The van der Waals surface area contributed by atoms with Gasteiger partial charge in [0.05, 0.1) is 6.61 Å². The molecular weight excluding hydrogens is 174 g/mol. The molecule has 0 aromatic carbocycles. The second kappa shape index (κ2) is 11.0. The molecule has 0 heterocycles. The Morgan fingerprint density at radius 3 is 2.43 bits per heavy atom. The van der Waals surface area contributed by atoms with Crippen LogP contribution in [-0.4, -0.2) is 25.8 Å². The SMILES string of the molecule is CCCCCC(COCCC)NCC. The van der Waals surface area contributed by atoms with Gasteiger partial charge in [0.15, 0.2) is 0 Å². The van der Waals surface area contributed by atoms with Crippen molar-refractivity contribution in [1.29, 1.82) is 0 Å². The highest BCUT2D eigenvalue weighted by molar-refractivity contribution is 4.64. The topological polar surface area (TPSA) is 21.3 Å². The first-order valence-electron chi connectivity index (χ1n) is 6.16. The fraction of sp³-hybridized carbons (Fsp3) is 1.00. The minimum atomic E-state index is 0.568. The molecule has 0 aliphatic carbocycles. The highest BCUT2D eigenvalue weighted by Gasteiger charge is 2.05. The van der Waals surface area contributed by atoms with Gasteiger partial charge in [-0.1, -0.05) is 40.0 Å². The van der Waals surface area contributed by atoms with Crippen molar-refractivity contribution in [3.8, 4) is 0 Å². The van der Waals surface area contributed by atoms with Crippen LogP contribution in [0.2, 0.25) is 0 Å². The minimum Gasteiger partial charge on any atom is -0.380 e. The van der Waals surface area contributed by atoms with E-state index in [9.17, 15) is 0 Å². The molecule has 0 aliphatic rings. The second-order valence-electron chi connectivity index (χ2n) is 3.83. The molecule has 1 unspecified atom stereocenters. The molecule has 0 amide bonds. The summed E-state index contributed by atoms with van der Waals surface area (Å²) >= 11 is 0. The predicted octanol–water partition coefficient (Wildman–Crippen LogP) is 2.97. The van der Waals surface area contributed by atoms with E-state index >= 15 is 0 Å². The molecule has 0 saturated heterocycles. The van der Waals surface area contributed by atoms with Crippen molar-refractivity contribution >= 4 is 0 Å². The lowest BCUT2D eigenvalue weighted by atomic mass is 10.1. The van der Waals surface area contributed by atoms with Gasteiger partial charge in [0.1, 0.15) is 0 Å². The number of unbranched alkanes of at least 4 members (excludes halogenated alkanes) is 2. The molecule has 0 fully saturated rings. The average Bonchev–Trinajstić information content (AvgIpc) is 2.18. The molecule has 2 nitrogen and oxygen atoms in total. The van der Waals surface area contributed by atoms with Crippen LogP contribution in [0.1, 0.15) is 52.9 Å². The van der Waals surface area contributed by atoms with E-state index in [-0.39, 0.29) is 0 Å². The number of rotatable bonds is 10. The van der Waals surface area contributed by atoms with E-state index < -0.39 is 0 Å². The van der Waals surface area contributed by atoms with Gasteiger partial charge in [0.25, 0.3) is 0 Å². The first-order valence-corrected chi connectivity index (χ1v) is 6.16. The highest BCUT2D eigenvalue weighted by Crippen LogP contribution is 2.04. The zero-order valence-corrected chi connectivity index (χ0v) is 10.1. The van der Waals surface area contributed by atoms with Crippen LogP contribution in [0, 0.1) is 0 Å². The summed E-state index contributed by atoms with van der Waals surface area (Å²) < 4.78 is 5.57. The Labute approximate surface area is 89.4 Å². The van der Waals surface area contributed by atoms with E-state index in [1.165, 1.54) is 25.7 Å². The van der Waals surface area contributed by atoms with Crippen molar-refractivity contribution < 1.29 is 4.74 Å².